The van der Waals surface area contributed by atoms with Crippen molar-refractivity contribution in [3.63, 3.8) is 0 Å². The van der Waals surface area contributed by atoms with Crippen molar-refractivity contribution in [1.82, 2.24) is 0 Å². The molecular formula is C9H4F3N3O3. The molecule has 1 aromatic rings. The second-order valence-corrected chi connectivity index (χ2v) is 3.02. The third-order valence-electron chi connectivity index (χ3n) is 1.83. The van der Waals surface area contributed by atoms with Gasteiger partial charge in [-0.25, -0.2) is 8.78 Å². The minimum Gasteiger partial charge on any atom is -0.319 e. The Labute approximate surface area is 97.8 Å². The number of nitriles is 1. The lowest BCUT2D eigenvalue weighted by molar-refractivity contribution is -0.386. The van der Waals surface area contributed by atoms with Crippen molar-refractivity contribution in [2.24, 2.45) is 0 Å². The fourth-order valence-corrected chi connectivity index (χ4v) is 1.13. The Kier molecular flexibility index (Phi) is 3.83. The van der Waals surface area contributed by atoms with E-state index in [9.17, 15) is 28.1 Å². The Morgan fingerprint density at radius 2 is 2.06 bits per heavy atom. The highest BCUT2D eigenvalue weighted by Crippen LogP contribution is 2.31. The third-order valence-corrected chi connectivity index (χ3v) is 1.83. The lowest BCUT2D eigenvalue weighted by atomic mass is 10.2. The van der Waals surface area contributed by atoms with Crippen LogP contribution in [0.5, 0.6) is 0 Å². The van der Waals surface area contributed by atoms with E-state index in [1.807, 2.05) is 0 Å². The lowest BCUT2D eigenvalue weighted by Crippen LogP contribution is -2.13. The second-order valence-electron chi connectivity index (χ2n) is 3.02. The molecule has 94 valence electrons. The molecule has 18 heavy (non-hydrogen) atoms. The Hall–Kier alpha value is -2.63. The normalized spacial score (nSPS) is 9.67. The molecule has 1 N–H and O–H groups in total. The average molecular weight is 259 g/mol. The van der Waals surface area contributed by atoms with Gasteiger partial charge in [-0.3, -0.25) is 14.9 Å². The van der Waals surface area contributed by atoms with Crippen LogP contribution in [-0.2, 0) is 4.79 Å². The molecule has 6 nitrogen and oxygen atoms in total. The van der Waals surface area contributed by atoms with Crippen LogP contribution >= 0.6 is 0 Å². The van der Waals surface area contributed by atoms with Crippen molar-refractivity contribution in [1.29, 1.82) is 5.26 Å². The maximum Gasteiger partial charge on any atom is 0.331 e. The van der Waals surface area contributed by atoms with Gasteiger partial charge >= 0.3 is 5.69 Å². The van der Waals surface area contributed by atoms with Gasteiger partial charge in [-0.05, 0) is 0 Å². The molecule has 0 spiro atoms. The largest absolute Gasteiger partial charge is 0.331 e. The first-order valence-corrected chi connectivity index (χ1v) is 4.37. The first kappa shape index (κ1) is 13.4. The molecule has 0 aliphatic rings. The van der Waals surface area contributed by atoms with Crippen molar-refractivity contribution in [3.8, 4) is 6.07 Å². The van der Waals surface area contributed by atoms with E-state index in [-0.39, 0.29) is 6.07 Å². The number of carbonyl (C=O) groups is 1. The van der Waals surface area contributed by atoms with E-state index in [0.29, 0.717) is 0 Å². The van der Waals surface area contributed by atoms with Crippen molar-refractivity contribution < 1.29 is 22.9 Å². The molecule has 9 heteroatoms. The molecule has 1 rings (SSSR count). The summed E-state index contributed by atoms with van der Waals surface area (Å²) in [4.78, 5) is 20.2. The standard InChI is InChI=1S/C9H4F3N3O3/c10-4-3-5(14-6(16)1-2-13)9(15(17)18)8(12)7(4)11/h3H,1H2,(H,14,16). The smallest absolute Gasteiger partial charge is 0.319 e. The fraction of sp³-hybridized carbons (Fsp3) is 0.111. The van der Waals surface area contributed by atoms with E-state index in [0.717, 1.165) is 0 Å². The van der Waals surface area contributed by atoms with Gasteiger partial charge in [0.05, 0.1) is 11.0 Å². The maximum absolute atomic E-state index is 13.1. The predicted octanol–water partition coefficient (Wildman–Crippen LogP) is 1.86. The van der Waals surface area contributed by atoms with Gasteiger partial charge in [0, 0.05) is 6.07 Å². The molecule has 0 aromatic heterocycles. The molecule has 0 heterocycles. The second kappa shape index (κ2) is 5.13. The Morgan fingerprint density at radius 3 is 2.56 bits per heavy atom. The fourth-order valence-electron chi connectivity index (χ4n) is 1.13. The molecule has 0 saturated carbocycles. The number of nitrogens with one attached hydrogen (secondary N) is 1. The van der Waals surface area contributed by atoms with Gasteiger partial charge in [-0.15, -0.1) is 0 Å². The Morgan fingerprint density at radius 1 is 1.44 bits per heavy atom. The van der Waals surface area contributed by atoms with Crippen molar-refractivity contribution in [3.05, 3.63) is 33.6 Å². The summed E-state index contributed by atoms with van der Waals surface area (Å²) < 4.78 is 38.8. The molecule has 0 aliphatic carbocycles. The minimum atomic E-state index is -2.02. The van der Waals surface area contributed by atoms with Crippen LogP contribution in [0.3, 0.4) is 0 Å². The summed E-state index contributed by atoms with van der Waals surface area (Å²) in [5, 5.41) is 20.5. The summed E-state index contributed by atoms with van der Waals surface area (Å²) in [5.41, 5.74) is -2.25. The van der Waals surface area contributed by atoms with Crippen molar-refractivity contribution in [2.45, 2.75) is 6.42 Å². The summed E-state index contributed by atoms with van der Waals surface area (Å²) in [5.74, 6) is -6.73. The highest BCUT2D eigenvalue weighted by molar-refractivity contribution is 5.94. The van der Waals surface area contributed by atoms with Crippen LogP contribution < -0.4 is 5.32 Å². The number of nitro groups is 1. The zero-order valence-electron chi connectivity index (χ0n) is 8.54. The third kappa shape index (κ3) is 2.54. The van der Waals surface area contributed by atoms with Crippen LogP contribution in [0.1, 0.15) is 6.42 Å². The number of hydrogen-bond acceptors (Lipinski definition) is 4. The van der Waals surface area contributed by atoms with Crippen LogP contribution in [0, 0.1) is 38.9 Å². The molecule has 0 bridgehead atoms. The highest BCUT2D eigenvalue weighted by atomic mass is 19.2. The lowest BCUT2D eigenvalue weighted by Gasteiger charge is -2.06. The van der Waals surface area contributed by atoms with Gasteiger partial charge in [0.1, 0.15) is 12.1 Å². The monoisotopic (exact) mass is 259 g/mol. The molecule has 0 aliphatic heterocycles. The average Bonchev–Trinajstić information content (AvgIpc) is 2.25. The number of amides is 1. The SMILES string of the molecule is N#CCC(=O)Nc1cc(F)c(F)c(F)c1[N+](=O)[O-]. The van der Waals surface area contributed by atoms with Gasteiger partial charge in [-0.2, -0.15) is 9.65 Å². The molecule has 1 aromatic carbocycles. The van der Waals surface area contributed by atoms with Crippen molar-refractivity contribution >= 4 is 17.3 Å². The molecule has 0 unspecified atom stereocenters. The molecule has 0 radical (unpaired) electrons. The molecule has 1 amide bonds. The molecule has 0 saturated heterocycles. The van der Waals surface area contributed by atoms with Gasteiger partial charge in [0.15, 0.2) is 5.82 Å². The Balaban J connectivity index is 3.31. The molecule has 0 atom stereocenters. The topological polar surface area (TPSA) is 96.0 Å². The predicted molar refractivity (Wildman–Crippen MR) is 51.8 cm³/mol. The van der Waals surface area contributed by atoms with Gasteiger partial charge in [0.25, 0.3) is 0 Å². The van der Waals surface area contributed by atoms with Crippen LogP contribution in [0.2, 0.25) is 0 Å². The number of hydrogen-bond donors (Lipinski definition) is 1. The number of nitrogens with zero attached hydrogens (tertiary/aromatic N) is 2. The van der Waals surface area contributed by atoms with Gasteiger partial charge in [0.2, 0.25) is 17.5 Å². The number of carbonyl (C=O) groups excluding carboxylic acids is 1. The zero-order valence-corrected chi connectivity index (χ0v) is 8.54. The highest BCUT2D eigenvalue weighted by Gasteiger charge is 2.28. The number of halogens is 3. The summed E-state index contributed by atoms with van der Waals surface area (Å²) >= 11 is 0. The summed E-state index contributed by atoms with van der Waals surface area (Å²) in [6.07, 6.45) is -0.669. The maximum atomic E-state index is 13.1. The van der Waals surface area contributed by atoms with E-state index in [4.69, 9.17) is 5.26 Å². The van der Waals surface area contributed by atoms with Crippen LogP contribution in [0.25, 0.3) is 0 Å². The minimum absolute atomic E-state index is 0.270. The van der Waals surface area contributed by atoms with Crippen molar-refractivity contribution in [2.75, 3.05) is 5.32 Å². The summed E-state index contributed by atoms with van der Waals surface area (Å²) in [7, 11) is 0. The van der Waals surface area contributed by atoms with Crippen LogP contribution in [0.4, 0.5) is 24.5 Å². The first-order chi connectivity index (χ1) is 8.38. The van der Waals surface area contributed by atoms with E-state index in [1.165, 1.54) is 6.07 Å². The quantitative estimate of drug-likeness (QED) is 0.509. The summed E-state index contributed by atoms with van der Waals surface area (Å²) in [6, 6.07) is 1.70. The number of nitro benzene ring substituents is 1. The van der Waals surface area contributed by atoms with Crippen LogP contribution in [0.15, 0.2) is 6.07 Å². The molecule has 0 fully saturated rings. The van der Waals surface area contributed by atoms with E-state index >= 15 is 0 Å². The number of anilines is 1. The van der Waals surface area contributed by atoms with E-state index in [2.05, 4.69) is 0 Å². The molecular weight excluding hydrogens is 255 g/mol. The Bertz CT molecular complexity index is 568. The number of rotatable bonds is 3. The zero-order chi connectivity index (χ0) is 13.9. The summed E-state index contributed by atoms with van der Waals surface area (Å²) in [6.45, 7) is 0. The number of benzene rings is 1. The van der Waals surface area contributed by atoms with Gasteiger partial charge in [-0.1, -0.05) is 0 Å². The van der Waals surface area contributed by atoms with Gasteiger partial charge < -0.3 is 5.32 Å². The van der Waals surface area contributed by atoms with E-state index in [1.54, 1.807) is 5.32 Å². The first-order valence-electron chi connectivity index (χ1n) is 4.37. The van der Waals surface area contributed by atoms with Crippen LogP contribution in [-0.4, -0.2) is 10.8 Å². The van der Waals surface area contributed by atoms with E-state index < -0.39 is 46.1 Å².